The van der Waals surface area contributed by atoms with Gasteiger partial charge in [-0.05, 0) is 29.5 Å². The van der Waals surface area contributed by atoms with Crippen LogP contribution in [0.2, 0.25) is 0 Å². The zero-order chi connectivity index (χ0) is 24.2. The standard InChI is InChI=1S/C25H32N2O5S/c1-5-9-22(33(30,31)20-10-7-6-8-11-20)21(18-12-14-19(15-13-18)27(28)29)16-24-26-23(17-32-24)25(2,3)4/h6-8,10-15,21-23H,5,9,16-17H2,1-4H3/t21-,22+,23-/m1/s1. The third-order valence-corrected chi connectivity index (χ3v) is 8.42. The lowest BCUT2D eigenvalue weighted by atomic mass is 9.88. The Balaban J connectivity index is 2.05. The van der Waals surface area contributed by atoms with Crippen molar-refractivity contribution in [2.24, 2.45) is 10.4 Å². The Morgan fingerprint density at radius 2 is 1.76 bits per heavy atom. The van der Waals surface area contributed by atoms with E-state index in [9.17, 15) is 18.5 Å². The summed E-state index contributed by atoms with van der Waals surface area (Å²) in [6.45, 7) is 8.72. The molecular formula is C25H32N2O5S. The molecular weight excluding hydrogens is 440 g/mol. The normalized spacial score (nSPS) is 18.3. The topological polar surface area (TPSA) is 98.9 Å². The fourth-order valence-electron chi connectivity index (χ4n) is 4.12. The van der Waals surface area contributed by atoms with E-state index >= 15 is 0 Å². The highest BCUT2D eigenvalue weighted by Crippen LogP contribution is 2.37. The number of hydrogen-bond donors (Lipinski definition) is 0. The second kappa shape index (κ2) is 10.0. The molecule has 2 aromatic carbocycles. The molecule has 7 nitrogen and oxygen atoms in total. The number of aliphatic imine (C=N–C) groups is 1. The first-order valence-electron chi connectivity index (χ1n) is 11.3. The molecule has 1 aliphatic rings. The van der Waals surface area contributed by atoms with Crippen molar-refractivity contribution >= 4 is 21.4 Å². The van der Waals surface area contributed by atoms with Crippen molar-refractivity contribution in [1.29, 1.82) is 0 Å². The van der Waals surface area contributed by atoms with Gasteiger partial charge in [0.1, 0.15) is 6.61 Å². The zero-order valence-electron chi connectivity index (χ0n) is 19.6. The molecule has 178 valence electrons. The molecule has 0 bridgehead atoms. The molecule has 0 aliphatic carbocycles. The summed E-state index contributed by atoms with van der Waals surface area (Å²) in [5, 5.41) is 10.4. The number of ether oxygens (including phenoxy) is 1. The predicted molar refractivity (Wildman–Crippen MR) is 129 cm³/mol. The van der Waals surface area contributed by atoms with Crippen LogP contribution in [-0.4, -0.2) is 37.1 Å². The van der Waals surface area contributed by atoms with Crippen LogP contribution in [0.25, 0.3) is 0 Å². The summed E-state index contributed by atoms with van der Waals surface area (Å²) >= 11 is 0. The smallest absolute Gasteiger partial charge is 0.269 e. The van der Waals surface area contributed by atoms with E-state index in [1.165, 1.54) is 12.1 Å². The van der Waals surface area contributed by atoms with Crippen molar-refractivity contribution in [2.75, 3.05) is 6.61 Å². The van der Waals surface area contributed by atoms with Crippen LogP contribution in [0.1, 0.15) is 58.4 Å². The van der Waals surface area contributed by atoms with Crippen LogP contribution in [0.5, 0.6) is 0 Å². The summed E-state index contributed by atoms with van der Waals surface area (Å²) in [5.41, 5.74) is 0.630. The van der Waals surface area contributed by atoms with E-state index in [-0.39, 0.29) is 22.0 Å². The first-order valence-corrected chi connectivity index (χ1v) is 12.8. The average Bonchev–Trinajstić information content (AvgIpc) is 3.26. The molecule has 0 saturated carbocycles. The number of sulfone groups is 1. The van der Waals surface area contributed by atoms with Gasteiger partial charge in [0.2, 0.25) is 0 Å². The second-order valence-corrected chi connectivity index (χ2v) is 11.7. The Hall–Kier alpha value is -2.74. The monoisotopic (exact) mass is 472 g/mol. The van der Waals surface area contributed by atoms with Gasteiger partial charge in [-0.15, -0.1) is 0 Å². The molecule has 33 heavy (non-hydrogen) atoms. The van der Waals surface area contributed by atoms with Gasteiger partial charge >= 0.3 is 0 Å². The Kier molecular flexibility index (Phi) is 7.57. The molecule has 0 amide bonds. The first-order chi connectivity index (χ1) is 15.5. The van der Waals surface area contributed by atoms with E-state index in [1.807, 2.05) is 6.92 Å². The third kappa shape index (κ3) is 5.79. The minimum absolute atomic E-state index is 0.000339. The van der Waals surface area contributed by atoms with Gasteiger partial charge in [0.25, 0.3) is 5.69 Å². The van der Waals surface area contributed by atoms with Gasteiger partial charge in [-0.3, -0.25) is 10.1 Å². The highest BCUT2D eigenvalue weighted by Gasteiger charge is 2.38. The van der Waals surface area contributed by atoms with Gasteiger partial charge < -0.3 is 4.74 Å². The molecule has 0 saturated heterocycles. The van der Waals surface area contributed by atoms with E-state index in [0.717, 1.165) is 5.56 Å². The van der Waals surface area contributed by atoms with E-state index in [2.05, 4.69) is 20.8 Å². The molecule has 1 heterocycles. The molecule has 0 fully saturated rings. The van der Waals surface area contributed by atoms with Crippen LogP contribution in [0.15, 0.2) is 64.5 Å². The van der Waals surface area contributed by atoms with Crippen LogP contribution >= 0.6 is 0 Å². The quantitative estimate of drug-likeness (QED) is 0.352. The van der Waals surface area contributed by atoms with Gasteiger partial charge in [-0.25, -0.2) is 13.4 Å². The lowest BCUT2D eigenvalue weighted by Crippen LogP contribution is -2.30. The molecule has 0 unspecified atom stereocenters. The molecule has 1 aliphatic heterocycles. The second-order valence-electron chi connectivity index (χ2n) is 9.56. The minimum atomic E-state index is -3.67. The van der Waals surface area contributed by atoms with E-state index in [1.54, 1.807) is 42.5 Å². The third-order valence-electron chi connectivity index (χ3n) is 6.13. The van der Waals surface area contributed by atoms with Crippen molar-refractivity contribution in [3.05, 3.63) is 70.3 Å². The molecule has 2 aromatic rings. The van der Waals surface area contributed by atoms with Crippen LogP contribution in [0, 0.1) is 15.5 Å². The molecule has 0 aromatic heterocycles. The Bertz CT molecular complexity index is 1090. The van der Waals surface area contributed by atoms with Gasteiger partial charge in [0.15, 0.2) is 15.7 Å². The van der Waals surface area contributed by atoms with Gasteiger partial charge in [-0.1, -0.05) is 64.4 Å². The van der Waals surface area contributed by atoms with Crippen LogP contribution in [-0.2, 0) is 14.6 Å². The van der Waals surface area contributed by atoms with E-state index < -0.39 is 25.9 Å². The van der Waals surface area contributed by atoms with Crippen LogP contribution in [0.3, 0.4) is 0 Å². The maximum atomic E-state index is 13.7. The summed E-state index contributed by atoms with van der Waals surface area (Å²) in [4.78, 5) is 15.7. The molecule has 8 heteroatoms. The number of benzene rings is 2. The maximum Gasteiger partial charge on any atom is 0.269 e. The first kappa shape index (κ1) is 24.9. The molecule has 0 radical (unpaired) electrons. The van der Waals surface area contributed by atoms with Gasteiger partial charge in [0.05, 0.1) is 21.1 Å². The fourth-order valence-corrected chi connectivity index (χ4v) is 6.23. The Morgan fingerprint density at radius 1 is 1.12 bits per heavy atom. The zero-order valence-corrected chi connectivity index (χ0v) is 20.4. The maximum absolute atomic E-state index is 13.7. The molecule has 0 N–H and O–H groups in total. The lowest BCUT2D eigenvalue weighted by Gasteiger charge is -2.27. The number of rotatable bonds is 9. The van der Waals surface area contributed by atoms with Crippen molar-refractivity contribution in [3.8, 4) is 0 Å². The van der Waals surface area contributed by atoms with Gasteiger partial charge in [-0.2, -0.15) is 0 Å². The highest BCUT2D eigenvalue weighted by atomic mass is 32.2. The van der Waals surface area contributed by atoms with E-state index in [0.29, 0.717) is 31.8 Å². The minimum Gasteiger partial charge on any atom is -0.479 e. The average molecular weight is 473 g/mol. The summed E-state index contributed by atoms with van der Waals surface area (Å²) in [6, 6.07) is 14.6. The number of non-ortho nitro benzene ring substituents is 1. The summed E-state index contributed by atoms with van der Waals surface area (Å²) in [6.07, 6.45) is 1.45. The number of hydrogen-bond acceptors (Lipinski definition) is 6. The van der Waals surface area contributed by atoms with Crippen molar-refractivity contribution in [1.82, 2.24) is 0 Å². The predicted octanol–water partition coefficient (Wildman–Crippen LogP) is 5.55. The van der Waals surface area contributed by atoms with Crippen LogP contribution < -0.4 is 0 Å². The van der Waals surface area contributed by atoms with Crippen molar-refractivity contribution in [3.63, 3.8) is 0 Å². The fraction of sp³-hybridized carbons (Fsp3) is 0.480. The number of nitro groups is 1. The summed E-state index contributed by atoms with van der Waals surface area (Å²) in [7, 11) is -3.67. The Labute approximate surface area is 196 Å². The van der Waals surface area contributed by atoms with Crippen molar-refractivity contribution < 1.29 is 18.1 Å². The lowest BCUT2D eigenvalue weighted by molar-refractivity contribution is -0.384. The Morgan fingerprint density at radius 3 is 2.27 bits per heavy atom. The van der Waals surface area contributed by atoms with E-state index in [4.69, 9.17) is 9.73 Å². The van der Waals surface area contributed by atoms with Crippen LogP contribution in [0.4, 0.5) is 5.69 Å². The summed E-state index contributed by atoms with van der Waals surface area (Å²) < 4.78 is 33.3. The number of nitro benzene ring substituents is 1. The number of nitrogens with zero attached hydrogens (tertiary/aromatic N) is 2. The SMILES string of the molecule is CCC[C@@H]([C@H](CC1=N[C@@H](C(C)(C)C)CO1)c1ccc([N+](=O)[O-])cc1)S(=O)(=O)c1ccccc1. The largest absolute Gasteiger partial charge is 0.479 e. The van der Waals surface area contributed by atoms with Crippen molar-refractivity contribution in [2.45, 2.75) is 69.1 Å². The molecule has 0 spiro atoms. The highest BCUT2D eigenvalue weighted by molar-refractivity contribution is 7.92. The van der Waals surface area contributed by atoms with Gasteiger partial charge in [0, 0.05) is 24.5 Å². The summed E-state index contributed by atoms with van der Waals surface area (Å²) in [5.74, 6) is 0.0936. The molecule has 3 rings (SSSR count). The molecule has 3 atom stereocenters.